The molecule has 0 aliphatic rings. The Balaban J connectivity index is 0.000000261. The number of pyridine rings is 1. The largest absolute Gasteiger partial charge is 0.631 e. The van der Waals surface area contributed by atoms with Crippen LogP contribution in [0.4, 0.5) is 0 Å². The Morgan fingerprint density at radius 2 is 1.67 bits per heavy atom. The fourth-order valence-corrected chi connectivity index (χ4v) is 0.474. The van der Waals surface area contributed by atoms with Gasteiger partial charge in [0.15, 0.2) is 0 Å². The van der Waals surface area contributed by atoms with Crippen molar-refractivity contribution >= 4 is 7.32 Å². The van der Waals surface area contributed by atoms with Crippen LogP contribution in [0.1, 0.15) is 0 Å². The first-order chi connectivity index (χ1) is 5.66. The van der Waals surface area contributed by atoms with E-state index in [1.807, 2.05) is 0 Å². The molecule has 3 N–H and O–H groups in total. The van der Waals surface area contributed by atoms with Gasteiger partial charge in [-0.1, -0.05) is 0 Å². The van der Waals surface area contributed by atoms with Gasteiger partial charge in [0.1, 0.15) is 5.75 Å². The Labute approximate surface area is 70.4 Å². The van der Waals surface area contributed by atoms with E-state index >= 15 is 0 Å². The normalized spacial score (nSPS) is 8.00. The average molecular weight is 171 g/mol. The minimum absolute atomic E-state index is 0.847. The number of methoxy groups -OCH3 is 1. The van der Waals surface area contributed by atoms with Crippen LogP contribution in [-0.2, 0) is 0 Å². The standard InChI is InChI=1S/C6H7NO.BH3O3/c1-8-6-2-4-7-5-3-6;2-1(3)4/h2-5H,1H3;2-4H. The summed E-state index contributed by atoms with van der Waals surface area (Å²) < 4.78 is 4.87. The molecule has 0 bridgehead atoms. The van der Waals surface area contributed by atoms with Crippen LogP contribution in [0.5, 0.6) is 5.75 Å². The summed E-state index contributed by atoms with van der Waals surface area (Å²) in [6.07, 6.45) is 3.39. The maximum atomic E-state index is 7.17. The number of hydrogen-bond acceptors (Lipinski definition) is 5. The zero-order valence-corrected chi connectivity index (χ0v) is 6.58. The van der Waals surface area contributed by atoms with Gasteiger partial charge < -0.3 is 19.8 Å². The van der Waals surface area contributed by atoms with Crippen LogP contribution in [0.15, 0.2) is 24.5 Å². The Morgan fingerprint density at radius 3 is 1.92 bits per heavy atom. The van der Waals surface area contributed by atoms with Crippen LogP contribution in [0.2, 0.25) is 0 Å². The molecule has 1 aromatic rings. The average Bonchev–Trinajstić information content (AvgIpc) is 2.05. The fraction of sp³-hybridized carbons (Fsp3) is 0.167. The van der Waals surface area contributed by atoms with Gasteiger partial charge in [0.05, 0.1) is 7.11 Å². The highest BCUT2D eigenvalue weighted by Crippen LogP contribution is 2.03. The van der Waals surface area contributed by atoms with Crippen molar-refractivity contribution < 1.29 is 19.8 Å². The van der Waals surface area contributed by atoms with Crippen molar-refractivity contribution in [2.24, 2.45) is 0 Å². The smallest absolute Gasteiger partial charge is 0.497 e. The van der Waals surface area contributed by atoms with Gasteiger partial charge in [0.25, 0.3) is 0 Å². The third kappa shape index (κ3) is 7.01. The van der Waals surface area contributed by atoms with Crippen LogP contribution < -0.4 is 4.74 Å². The summed E-state index contributed by atoms with van der Waals surface area (Å²) in [6.45, 7) is 0. The van der Waals surface area contributed by atoms with Crippen LogP contribution in [0.3, 0.4) is 0 Å². The summed E-state index contributed by atoms with van der Waals surface area (Å²) in [5.74, 6) is 0.847. The van der Waals surface area contributed by atoms with E-state index in [4.69, 9.17) is 19.8 Å². The van der Waals surface area contributed by atoms with Crippen molar-refractivity contribution in [1.29, 1.82) is 0 Å². The molecule has 0 aliphatic heterocycles. The first kappa shape index (κ1) is 10.9. The summed E-state index contributed by atoms with van der Waals surface area (Å²) in [7, 11) is -0.532. The molecule has 0 spiro atoms. The zero-order chi connectivity index (χ0) is 9.40. The second kappa shape index (κ2) is 6.60. The Bertz CT molecular complexity index is 191. The lowest BCUT2D eigenvalue weighted by atomic mass is 10.3. The molecule has 0 atom stereocenters. The molecule has 0 aliphatic carbocycles. The fourth-order valence-electron chi connectivity index (χ4n) is 0.474. The molecule has 0 amide bonds. The Kier molecular flexibility index (Phi) is 5.99. The molecule has 12 heavy (non-hydrogen) atoms. The predicted octanol–water partition coefficient (Wildman–Crippen LogP) is -0.962. The van der Waals surface area contributed by atoms with Crippen LogP contribution in [0, 0.1) is 0 Å². The summed E-state index contributed by atoms with van der Waals surface area (Å²) in [5.41, 5.74) is 0. The molecule has 0 saturated heterocycles. The van der Waals surface area contributed by atoms with Crippen molar-refractivity contribution in [1.82, 2.24) is 4.98 Å². The first-order valence-electron chi connectivity index (χ1n) is 3.15. The molecule has 1 rings (SSSR count). The summed E-state index contributed by atoms with van der Waals surface area (Å²) in [6, 6.07) is 3.61. The maximum Gasteiger partial charge on any atom is 0.631 e. The third-order valence-electron chi connectivity index (χ3n) is 0.885. The van der Waals surface area contributed by atoms with Gasteiger partial charge in [-0.2, -0.15) is 0 Å². The monoisotopic (exact) mass is 171 g/mol. The molecule has 5 nitrogen and oxygen atoms in total. The zero-order valence-electron chi connectivity index (χ0n) is 6.58. The Morgan fingerprint density at radius 1 is 1.25 bits per heavy atom. The van der Waals surface area contributed by atoms with Gasteiger partial charge in [-0.3, -0.25) is 4.98 Å². The molecule has 0 saturated carbocycles. The van der Waals surface area contributed by atoms with E-state index in [0.717, 1.165) is 5.75 Å². The lowest BCUT2D eigenvalue weighted by Gasteiger charge is -1.93. The summed E-state index contributed by atoms with van der Waals surface area (Å²) >= 11 is 0. The topological polar surface area (TPSA) is 82.8 Å². The van der Waals surface area contributed by atoms with Gasteiger partial charge in [0.2, 0.25) is 0 Å². The number of aromatic nitrogens is 1. The van der Waals surface area contributed by atoms with E-state index in [1.165, 1.54) is 0 Å². The van der Waals surface area contributed by atoms with Gasteiger partial charge >= 0.3 is 7.32 Å². The molecule has 0 fully saturated rings. The molecule has 66 valence electrons. The van der Waals surface area contributed by atoms with Crippen molar-refractivity contribution in [2.75, 3.05) is 7.11 Å². The minimum atomic E-state index is -2.17. The molecule has 0 aromatic carbocycles. The van der Waals surface area contributed by atoms with E-state index in [-0.39, 0.29) is 0 Å². The van der Waals surface area contributed by atoms with Crippen molar-refractivity contribution in [3.05, 3.63) is 24.5 Å². The third-order valence-corrected chi connectivity index (χ3v) is 0.885. The Hall–Kier alpha value is -1.11. The molecule has 1 heterocycles. The highest BCUT2D eigenvalue weighted by atomic mass is 16.5. The maximum absolute atomic E-state index is 7.17. The van der Waals surface area contributed by atoms with Crippen molar-refractivity contribution in [3.8, 4) is 5.75 Å². The first-order valence-corrected chi connectivity index (χ1v) is 3.15. The molecule has 6 heteroatoms. The van der Waals surface area contributed by atoms with Crippen LogP contribution in [0.25, 0.3) is 0 Å². The van der Waals surface area contributed by atoms with Crippen LogP contribution in [-0.4, -0.2) is 34.5 Å². The molecule has 0 radical (unpaired) electrons. The van der Waals surface area contributed by atoms with Crippen LogP contribution >= 0.6 is 0 Å². The number of ether oxygens (including phenoxy) is 1. The lowest BCUT2D eigenvalue weighted by Crippen LogP contribution is -2.07. The predicted molar refractivity (Wildman–Crippen MR) is 43.2 cm³/mol. The molecule has 1 aromatic heterocycles. The highest BCUT2D eigenvalue weighted by Gasteiger charge is 1.92. The van der Waals surface area contributed by atoms with Gasteiger partial charge in [-0.25, -0.2) is 0 Å². The van der Waals surface area contributed by atoms with Crippen molar-refractivity contribution in [3.63, 3.8) is 0 Å². The van der Waals surface area contributed by atoms with Gasteiger partial charge in [-0.15, -0.1) is 0 Å². The van der Waals surface area contributed by atoms with E-state index in [0.29, 0.717) is 0 Å². The summed E-state index contributed by atoms with van der Waals surface area (Å²) in [5, 5.41) is 21.5. The van der Waals surface area contributed by atoms with E-state index < -0.39 is 7.32 Å². The van der Waals surface area contributed by atoms with Gasteiger partial charge in [-0.05, 0) is 12.1 Å². The summed E-state index contributed by atoms with van der Waals surface area (Å²) in [4.78, 5) is 3.81. The molecule has 0 unspecified atom stereocenters. The minimum Gasteiger partial charge on any atom is -0.497 e. The number of hydrogen-bond donors (Lipinski definition) is 3. The second-order valence-corrected chi connectivity index (χ2v) is 1.73. The van der Waals surface area contributed by atoms with E-state index in [2.05, 4.69) is 4.98 Å². The molecular formula is C6H10BNO4. The highest BCUT2D eigenvalue weighted by molar-refractivity contribution is 6.30. The molecular weight excluding hydrogens is 161 g/mol. The van der Waals surface area contributed by atoms with E-state index in [1.54, 1.807) is 31.6 Å². The SMILES string of the molecule is COc1ccncc1.OB(O)O. The number of rotatable bonds is 1. The van der Waals surface area contributed by atoms with Crippen molar-refractivity contribution in [2.45, 2.75) is 0 Å². The quantitative estimate of drug-likeness (QED) is 0.474. The second-order valence-electron chi connectivity index (χ2n) is 1.73. The lowest BCUT2D eigenvalue weighted by molar-refractivity contribution is 0.278. The number of nitrogens with zero attached hydrogens (tertiary/aromatic N) is 1. The van der Waals surface area contributed by atoms with Gasteiger partial charge in [0, 0.05) is 12.4 Å². The van der Waals surface area contributed by atoms with E-state index in [9.17, 15) is 0 Å².